The van der Waals surface area contributed by atoms with Crippen LogP contribution in [-0.2, 0) is 16.0 Å². The number of aliphatic imine (C=N–C) groups is 1. The maximum atomic E-state index is 12.9. The molecule has 2 aliphatic heterocycles. The standard InChI is InChI=1S/C26H31N3O3/c1-16-17(2)25(31)22(18(3)24(16)30)7-5-6-21-15-20-14-19(8-9-23(20)27-21)26(32)29-12-10-28(4)11-13-29/h8-9,14H,5-7,10-13,15H2,1-4H3. The van der Waals surface area contributed by atoms with Crippen molar-refractivity contribution in [3.63, 3.8) is 0 Å². The molecule has 0 bridgehead atoms. The van der Waals surface area contributed by atoms with Crippen LogP contribution >= 0.6 is 0 Å². The minimum absolute atomic E-state index is 0.00306. The first-order chi connectivity index (χ1) is 15.3. The molecule has 3 aliphatic rings. The normalized spacial score (nSPS) is 19.6. The number of carbonyl (C=O) groups is 3. The van der Waals surface area contributed by atoms with Crippen molar-refractivity contribution in [2.75, 3.05) is 33.2 Å². The molecule has 1 aromatic rings. The quantitative estimate of drug-likeness (QED) is 0.665. The van der Waals surface area contributed by atoms with E-state index in [1.54, 1.807) is 20.8 Å². The lowest BCUT2D eigenvalue weighted by molar-refractivity contribution is -0.116. The minimum Gasteiger partial charge on any atom is -0.336 e. The molecule has 0 atom stereocenters. The van der Waals surface area contributed by atoms with Crippen LogP contribution < -0.4 is 0 Å². The van der Waals surface area contributed by atoms with E-state index in [-0.39, 0.29) is 17.5 Å². The van der Waals surface area contributed by atoms with Crippen LogP contribution in [0.2, 0.25) is 0 Å². The van der Waals surface area contributed by atoms with E-state index >= 15 is 0 Å². The Hall–Kier alpha value is -2.86. The van der Waals surface area contributed by atoms with Gasteiger partial charge in [0.2, 0.25) is 0 Å². The molecule has 168 valence electrons. The van der Waals surface area contributed by atoms with Crippen molar-refractivity contribution in [1.82, 2.24) is 9.80 Å². The van der Waals surface area contributed by atoms with Crippen molar-refractivity contribution in [1.29, 1.82) is 0 Å². The van der Waals surface area contributed by atoms with Crippen LogP contribution in [0.15, 0.2) is 45.5 Å². The van der Waals surface area contributed by atoms with E-state index < -0.39 is 0 Å². The second-order valence-electron chi connectivity index (χ2n) is 9.16. The zero-order chi connectivity index (χ0) is 23.0. The summed E-state index contributed by atoms with van der Waals surface area (Å²) >= 11 is 0. The molecular formula is C26H31N3O3. The maximum absolute atomic E-state index is 12.9. The highest BCUT2D eigenvalue weighted by molar-refractivity contribution is 6.24. The van der Waals surface area contributed by atoms with E-state index in [1.807, 2.05) is 23.1 Å². The summed E-state index contributed by atoms with van der Waals surface area (Å²) in [6.45, 7) is 8.56. The molecule has 1 saturated heterocycles. The molecule has 4 rings (SSSR count). The van der Waals surface area contributed by atoms with Crippen molar-refractivity contribution in [2.45, 2.75) is 46.5 Å². The summed E-state index contributed by atoms with van der Waals surface area (Å²) in [6, 6.07) is 5.81. The highest BCUT2D eigenvalue weighted by atomic mass is 16.2. The van der Waals surface area contributed by atoms with Gasteiger partial charge in [-0.05, 0) is 70.8 Å². The van der Waals surface area contributed by atoms with Gasteiger partial charge in [0.1, 0.15) is 0 Å². The van der Waals surface area contributed by atoms with Gasteiger partial charge in [-0.3, -0.25) is 19.4 Å². The number of hydrogen-bond donors (Lipinski definition) is 0. The van der Waals surface area contributed by atoms with Crippen LogP contribution in [0.5, 0.6) is 0 Å². The molecule has 0 saturated carbocycles. The Morgan fingerprint density at radius 2 is 1.62 bits per heavy atom. The number of nitrogens with zero attached hydrogens (tertiary/aromatic N) is 3. The highest BCUT2D eigenvalue weighted by Crippen LogP contribution is 2.31. The van der Waals surface area contributed by atoms with Crippen LogP contribution in [0.25, 0.3) is 0 Å². The minimum atomic E-state index is -0.0136. The van der Waals surface area contributed by atoms with Crippen molar-refractivity contribution in [3.8, 4) is 0 Å². The number of piperazine rings is 1. The fourth-order valence-corrected chi connectivity index (χ4v) is 4.66. The van der Waals surface area contributed by atoms with Crippen LogP contribution in [0.4, 0.5) is 5.69 Å². The smallest absolute Gasteiger partial charge is 0.253 e. The summed E-state index contributed by atoms with van der Waals surface area (Å²) < 4.78 is 0. The van der Waals surface area contributed by atoms with Gasteiger partial charge in [-0.15, -0.1) is 0 Å². The van der Waals surface area contributed by atoms with Gasteiger partial charge in [-0.25, -0.2) is 0 Å². The Kier molecular flexibility index (Phi) is 6.24. The number of hydrogen-bond acceptors (Lipinski definition) is 5. The summed E-state index contributed by atoms with van der Waals surface area (Å²) in [6.07, 6.45) is 2.88. The number of rotatable bonds is 5. The predicted octanol–water partition coefficient (Wildman–Crippen LogP) is 3.68. The Labute approximate surface area is 189 Å². The molecule has 1 amide bonds. The average molecular weight is 434 g/mol. The number of allylic oxidation sites excluding steroid dienone is 4. The number of ketones is 2. The van der Waals surface area contributed by atoms with E-state index in [2.05, 4.69) is 11.9 Å². The summed E-state index contributed by atoms with van der Waals surface area (Å²) in [5.41, 5.74) is 6.19. The van der Waals surface area contributed by atoms with Crippen molar-refractivity contribution >= 4 is 28.9 Å². The largest absolute Gasteiger partial charge is 0.336 e. The van der Waals surface area contributed by atoms with E-state index in [0.29, 0.717) is 28.7 Å². The molecule has 6 heteroatoms. The van der Waals surface area contributed by atoms with Crippen molar-refractivity contribution < 1.29 is 14.4 Å². The first kappa shape index (κ1) is 22.3. The molecule has 1 fully saturated rings. The van der Waals surface area contributed by atoms with E-state index in [0.717, 1.165) is 68.0 Å². The number of amides is 1. The third-order valence-electron chi connectivity index (χ3n) is 6.99. The van der Waals surface area contributed by atoms with Crippen molar-refractivity contribution in [2.24, 2.45) is 4.99 Å². The summed E-state index contributed by atoms with van der Waals surface area (Å²) in [5, 5.41) is 0. The molecule has 0 spiro atoms. The summed E-state index contributed by atoms with van der Waals surface area (Å²) in [7, 11) is 2.08. The lowest BCUT2D eigenvalue weighted by atomic mass is 9.84. The van der Waals surface area contributed by atoms with Gasteiger partial charge >= 0.3 is 0 Å². The molecule has 0 unspecified atom stereocenters. The van der Waals surface area contributed by atoms with Gasteiger partial charge in [0, 0.05) is 66.2 Å². The predicted molar refractivity (Wildman–Crippen MR) is 126 cm³/mol. The fourth-order valence-electron chi connectivity index (χ4n) is 4.66. The molecule has 6 nitrogen and oxygen atoms in total. The summed E-state index contributed by atoms with van der Waals surface area (Å²) in [5.74, 6) is 0.0829. The Morgan fingerprint density at radius 1 is 0.938 bits per heavy atom. The second-order valence-corrected chi connectivity index (χ2v) is 9.16. The van der Waals surface area contributed by atoms with E-state index in [1.165, 1.54) is 0 Å². The first-order valence-electron chi connectivity index (χ1n) is 11.4. The Bertz CT molecular complexity index is 1090. The van der Waals surface area contributed by atoms with Gasteiger partial charge in [-0.1, -0.05) is 0 Å². The lowest BCUT2D eigenvalue weighted by Gasteiger charge is -2.32. The van der Waals surface area contributed by atoms with Crippen LogP contribution in [0.1, 0.15) is 56.0 Å². The number of Topliss-reactive ketones (excluding diaryl/α,β-unsaturated/α-hetero) is 2. The monoisotopic (exact) mass is 433 g/mol. The lowest BCUT2D eigenvalue weighted by Crippen LogP contribution is -2.47. The Morgan fingerprint density at radius 3 is 2.34 bits per heavy atom. The molecule has 0 aromatic heterocycles. The van der Waals surface area contributed by atoms with Gasteiger partial charge in [-0.2, -0.15) is 0 Å². The number of likely N-dealkylation sites (N-methyl/N-ethyl adjacent to an activating group) is 1. The third kappa shape index (κ3) is 4.24. The van der Waals surface area contributed by atoms with Crippen molar-refractivity contribution in [3.05, 3.63) is 51.6 Å². The van der Waals surface area contributed by atoms with Crippen LogP contribution in [-0.4, -0.2) is 66.2 Å². The molecule has 0 radical (unpaired) electrons. The van der Waals surface area contributed by atoms with E-state index in [9.17, 15) is 14.4 Å². The maximum Gasteiger partial charge on any atom is 0.253 e. The molecule has 2 heterocycles. The fraction of sp³-hybridized carbons (Fsp3) is 0.462. The molecule has 0 N–H and O–H groups in total. The number of benzene rings is 1. The van der Waals surface area contributed by atoms with E-state index in [4.69, 9.17) is 4.99 Å². The number of carbonyl (C=O) groups excluding carboxylic acids is 3. The number of fused-ring (bicyclic) bond motifs is 1. The zero-order valence-corrected chi connectivity index (χ0v) is 19.5. The van der Waals surface area contributed by atoms with Gasteiger partial charge < -0.3 is 9.80 Å². The highest BCUT2D eigenvalue weighted by Gasteiger charge is 2.28. The third-order valence-corrected chi connectivity index (χ3v) is 6.99. The van der Waals surface area contributed by atoms with Gasteiger partial charge in [0.15, 0.2) is 11.6 Å². The van der Waals surface area contributed by atoms with Gasteiger partial charge in [0.05, 0.1) is 5.69 Å². The first-order valence-corrected chi connectivity index (χ1v) is 11.4. The Balaban J connectivity index is 1.35. The molecule has 32 heavy (non-hydrogen) atoms. The average Bonchev–Trinajstić information content (AvgIpc) is 3.20. The second kappa shape index (κ2) is 8.94. The molecule has 1 aromatic carbocycles. The van der Waals surface area contributed by atoms with Crippen LogP contribution in [0.3, 0.4) is 0 Å². The van der Waals surface area contributed by atoms with Crippen LogP contribution in [0, 0.1) is 0 Å². The van der Waals surface area contributed by atoms with Gasteiger partial charge in [0.25, 0.3) is 5.91 Å². The molecule has 1 aliphatic carbocycles. The molecular weight excluding hydrogens is 402 g/mol. The topological polar surface area (TPSA) is 70.1 Å². The summed E-state index contributed by atoms with van der Waals surface area (Å²) in [4.78, 5) is 46.7. The zero-order valence-electron chi connectivity index (χ0n) is 19.5. The SMILES string of the molecule is CC1=C(C)C(=O)C(CCCC2=Nc3ccc(C(=O)N4CCN(C)CC4)cc3C2)=C(C)C1=O.